The summed E-state index contributed by atoms with van der Waals surface area (Å²) in [6, 6.07) is 7.57. The molecule has 0 spiro atoms. The highest BCUT2D eigenvalue weighted by molar-refractivity contribution is 7.92. The lowest BCUT2D eigenvalue weighted by Crippen LogP contribution is -2.37. The number of rotatable bonds is 7. The van der Waals surface area contributed by atoms with Gasteiger partial charge in [0.1, 0.15) is 0 Å². The van der Waals surface area contributed by atoms with Crippen LogP contribution >= 0.6 is 11.3 Å². The predicted octanol–water partition coefficient (Wildman–Crippen LogP) is 1.68. The Labute approximate surface area is 189 Å². The van der Waals surface area contributed by atoms with Crippen molar-refractivity contribution < 1.29 is 27.6 Å². The summed E-state index contributed by atoms with van der Waals surface area (Å²) in [4.78, 5) is 52.5. The number of amides is 4. The molecule has 11 heteroatoms. The molecule has 0 unspecified atom stereocenters. The molecule has 0 N–H and O–H groups in total. The summed E-state index contributed by atoms with van der Waals surface area (Å²) in [6.45, 7) is -0.110. The van der Waals surface area contributed by atoms with Crippen LogP contribution in [0, 0.1) is 0 Å². The number of ketones is 1. The number of hydrogen-bond donors (Lipinski definition) is 0. The molecule has 1 aromatic carbocycles. The largest absolute Gasteiger partial charge is 0.334 e. The SMILES string of the molecule is CS(=O)(=O)N1CCCc2cc(C(=O)CN3C(=O)C(=O)N(CCc4cccs4)C3=O)ccc21. The number of hydrogen-bond acceptors (Lipinski definition) is 7. The molecule has 0 radical (unpaired) electrons. The maximum atomic E-state index is 12.8. The predicted molar refractivity (Wildman–Crippen MR) is 118 cm³/mol. The second-order valence-electron chi connectivity index (χ2n) is 7.67. The molecular weight excluding hydrogens is 454 g/mol. The van der Waals surface area contributed by atoms with Crippen molar-refractivity contribution in [1.29, 1.82) is 0 Å². The van der Waals surface area contributed by atoms with E-state index in [1.54, 1.807) is 12.1 Å². The number of carbonyl (C=O) groups excluding carboxylic acids is 4. The van der Waals surface area contributed by atoms with Crippen molar-refractivity contribution in [2.75, 3.05) is 30.2 Å². The number of urea groups is 1. The first-order valence-corrected chi connectivity index (χ1v) is 12.7. The molecule has 0 bridgehead atoms. The molecule has 168 valence electrons. The second-order valence-corrected chi connectivity index (χ2v) is 10.6. The summed E-state index contributed by atoms with van der Waals surface area (Å²) in [5.41, 5.74) is 1.49. The normalized spacial score (nSPS) is 16.7. The summed E-state index contributed by atoms with van der Waals surface area (Å²) >= 11 is 1.49. The molecule has 2 aliphatic rings. The van der Waals surface area contributed by atoms with Crippen molar-refractivity contribution in [3.8, 4) is 0 Å². The number of sulfonamides is 1. The number of fused-ring (bicyclic) bond motifs is 1. The van der Waals surface area contributed by atoms with Crippen molar-refractivity contribution >= 4 is 50.7 Å². The lowest BCUT2D eigenvalue weighted by Gasteiger charge is -2.29. The topological polar surface area (TPSA) is 112 Å². The summed E-state index contributed by atoms with van der Waals surface area (Å²) in [6.07, 6.45) is 2.80. The number of aryl methyl sites for hydroxylation is 1. The second kappa shape index (κ2) is 8.47. The van der Waals surface area contributed by atoms with Gasteiger partial charge in [-0.3, -0.25) is 23.6 Å². The Morgan fingerprint density at radius 2 is 1.84 bits per heavy atom. The van der Waals surface area contributed by atoms with Gasteiger partial charge in [0.2, 0.25) is 10.0 Å². The van der Waals surface area contributed by atoms with Crippen LogP contribution in [0.25, 0.3) is 0 Å². The standard InChI is InChI=1S/C21H21N3O6S2/c1-32(29,30)24-9-2-4-14-12-15(6-7-17(14)24)18(25)13-23-20(27)19(26)22(21(23)28)10-8-16-5-3-11-31-16/h3,5-7,11-12H,2,4,8-10,13H2,1H3. The van der Waals surface area contributed by atoms with E-state index in [0.29, 0.717) is 42.0 Å². The van der Waals surface area contributed by atoms with Gasteiger partial charge in [-0.15, -0.1) is 11.3 Å². The zero-order chi connectivity index (χ0) is 23.0. The molecule has 2 aromatic rings. The summed E-state index contributed by atoms with van der Waals surface area (Å²) in [7, 11) is -3.43. The molecule has 1 fully saturated rings. The zero-order valence-corrected chi connectivity index (χ0v) is 18.9. The lowest BCUT2D eigenvalue weighted by molar-refractivity contribution is -0.143. The van der Waals surface area contributed by atoms with Crippen molar-refractivity contribution in [3.63, 3.8) is 0 Å². The van der Waals surface area contributed by atoms with Crippen LogP contribution in [-0.4, -0.2) is 67.7 Å². The van der Waals surface area contributed by atoms with Crippen LogP contribution in [0.4, 0.5) is 10.5 Å². The molecule has 32 heavy (non-hydrogen) atoms. The van der Waals surface area contributed by atoms with E-state index in [2.05, 4.69) is 0 Å². The van der Waals surface area contributed by atoms with E-state index >= 15 is 0 Å². The Hall–Kier alpha value is -3.05. The molecule has 0 aliphatic carbocycles. The first-order valence-electron chi connectivity index (χ1n) is 10.0. The van der Waals surface area contributed by atoms with Gasteiger partial charge in [-0.1, -0.05) is 6.07 Å². The smallest absolute Gasteiger partial charge is 0.292 e. The minimum absolute atomic E-state index is 0.0643. The third-order valence-corrected chi connectivity index (χ3v) is 7.59. The monoisotopic (exact) mass is 475 g/mol. The van der Waals surface area contributed by atoms with Crippen molar-refractivity contribution in [2.24, 2.45) is 0 Å². The average molecular weight is 476 g/mol. The maximum absolute atomic E-state index is 12.8. The minimum atomic E-state index is -3.43. The lowest BCUT2D eigenvalue weighted by atomic mass is 9.99. The minimum Gasteiger partial charge on any atom is -0.292 e. The summed E-state index contributed by atoms with van der Waals surface area (Å²) in [5.74, 6) is -2.46. The highest BCUT2D eigenvalue weighted by Crippen LogP contribution is 2.30. The Balaban J connectivity index is 1.48. The van der Waals surface area contributed by atoms with E-state index < -0.39 is 40.2 Å². The van der Waals surface area contributed by atoms with Gasteiger partial charge in [0.05, 0.1) is 18.5 Å². The fourth-order valence-corrected chi connectivity index (χ4v) is 5.57. The molecule has 0 atom stereocenters. The zero-order valence-electron chi connectivity index (χ0n) is 17.3. The molecule has 4 rings (SSSR count). The van der Waals surface area contributed by atoms with Crippen molar-refractivity contribution in [2.45, 2.75) is 19.3 Å². The fourth-order valence-electron chi connectivity index (χ4n) is 3.88. The first-order chi connectivity index (χ1) is 15.2. The highest BCUT2D eigenvalue weighted by Gasteiger charge is 2.45. The first kappa shape index (κ1) is 22.2. The third kappa shape index (κ3) is 4.17. The maximum Gasteiger partial charge on any atom is 0.334 e. The van der Waals surface area contributed by atoms with E-state index in [1.807, 2.05) is 17.5 Å². The van der Waals surface area contributed by atoms with Crippen LogP contribution in [-0.2, 0) is 32.5 Å². The third-order valence-electron chi connectivity index (χ3n) is 5.48. The number of anilines is 1. The molecular formula is C21H21N3O6S2. The van der Waals surface area contributed by atoms with Crippen molar-refractivity contribution in [3.05, 3.63) is 51.7 Å². The number of carbonyl (C=O) groups is 4. The van der Waals surface area contributed by atoms with Crippen LogP contribution in [0.15, 0.2) is 35.7 Å². The van der Waals surface area contributed by atoms with Gasteiger partial charge in [-0.2, -0.15) is 0 Å². The van der Waals surface area contributed by atoms with Gasteiger partial charge in [-0.25, -0.2) is 18.1 Å². The van der Waals surface area contributed by atoms with E-state index in [9.17, 15) is 27.6 Å². The van der Waals surface area contributed by atoms with E-state index in [1.165, 1.54) is 21.7 Å². The van der Waals surface area contributed by atoms with Crippen LogP contribution in [0.1, 0.15) is 27.2 Å². The molecule has 3 heterocycles. The Morgan fingerprint density at radius 1 is 1.09 bits per heavy atom. The number of thiophene rings is 1. The number of imide groups is 2. The van der Waals surface area contributed by atoms with Gasteiger partial charge < -0.3 is 0 Å². The van der Waals surface area contributed by atoms with Crippen LogP contribution < -0.4 is 4.31 Å². The number of benzene rings is 1. The van der Waals surface area contributed by atoms with E-state index in [0.717, 1.165) is 16.0 Å². The number of nitrogens with zero attached hydrogens (tertiary/aromatic N) is 3. The van der Waals surface area contributed by atoms with Crippen LogP contribution in [0.3, 0.4) is 0 Å². The van der Waals surface area contributed by atoms with E-state index in [-0.39, 0.29) is 12.1 Å². The molecule has 4 amide bonds. The summed E-state index contributed by atoms with van der Waals surface area (Å²) in [5, 5.41) is 1.88. The molecule has 1 saturated heterocycles. The fraction of sp³-hybridized carbons (Fsp3) is 0.333. The van der Waals surface area contributed by atoms with Gasteiger partial charge in [0.25, 0.3) is 0 Å². The number of Topliss-reactive ketones (excluding diaryl/α,β-unsaturated/α-hetero) is 1. The summed E-state index contributed by atoms with van der Waals surface area (Å²) < 4.78 is 25.3. The van der Waals surface area contributed by atoms with Crippen LogP contribution in [0.2, 0.25) is 0 Å². The molecule has 2 aliphatic heterocycles. The van der Waals surface area contributed by atoms with Gasteiger partial charge in [-0.05, 0) is 48.1 Å². The van der Waals surface area contributed by atoms with Gasteiger partial charge in [0, 0.05) is 30.0 Å². The Bertz CT molecular complexity index is 1210. The Morgan fingerprint density at radius 3 is 2.53 bits per heavy atom. The highest BCUT2D eigenvalue weighted by atomic mass is 32.2. The average Bonchev–Trinajstić information content (AvgIpc) is 3.34. The van der Waals surface area contributed by atoms with Gasteiger partial charge in [0.15, 0.2) is 5.78 Å². The Kier molecular flexibility index (Phi) is 5.87. The van der Waals surface area contributed by atoms with Crippen molar-refractivity contribution in [1.82, 2.24) is 9.80 Å². The quantitative estimate of drug-likeness (QED) is 0.342. The van der Waals surface area contributed by atoms with Crippen LogP contribution in [0.5, 0.6) is 0 Å². The molecule has 0 saturated carbocycles. The molecule has 9 nitrogen and oxygen atoms in total. The van der Waals surface area contributed by atoms with Gasteiger partial charge >= 0.3 is 17.8 Å². The molecule has 1 aromatic heterocycles. The van der Waals surface area contributed by atoms with E-state index in [4.69, 9.17) is 0 Å².